The summed E-state index contributed by atoms with van der Waals surface area (Å²) in [6, 6.07) is 0. The molecule has 1 unspecified atom stereocenters. The van der Waals surface area contributed by atoms with Crippen LogP contribution in [-0.4, -0.2) is 34.6 Å². The minimum absolute atomic E-state index is 0.151. The fourth-order valence-corrected chi connectivity index (χ4v) is 2.19. The van der Waals surface area contributed by atoms with E-state index >= 15 is 0 Å². The number of nitrogens with two attached hydrogens (primary N) is 1. The van der Waals surface area contributed by atoms with E-state index in [0.717, 1.165) is 19.4 Å². The van der Waals surface area contributed by atoms with E-state index in [4.69, 9.17) is 10.5 Å². The van der Waals surface area contributed by atoms with Crippen LogP contribution < -0.4 is 11.1 Å². The van der Waals surface area contributed by atoms with Gasteiger partial charge < -0.3 is 15.8 Å². The molecule has 0 radical (unpaired) electrons. The second-order valence-corrected chi connectivity index (χ2v) is 5.77. The van der Waals surface area contributed by atoms with Crippen molar-refractivity contribution in [3.63, 3.8) is 0 Å². The SMILES string of the molecule is CC(C)c1ncc(N)c(C(=O)NCC2(C)CCCO2)n1. The number of nitrogens with zero attached hydrogens (tertiary/aromatic N) is 2. The highest BCUT2D eigenvalue weighted by molar-refractivity contribution is 5.96. The number of rotatable bonds is 4. The van der Waals surface area contributed by atoms with Gasteiger partial charge in [-0.3, -0.25) is 4.79 Å². The summed E-state index contributed by atoms with van der Waals surface area (Å²) >= 11 is 0. The Morgan fingerprint density at radius 2 is 2.35 bits per heavy atom. The third-order valence-electron chi connectivity index (χ3n) is 3.49. The maximum Gasteiger partial charge on any atom is 0.272 e. The van der Waals surface area contributed by atoms with Crippen LogP contribution in [0.25, 0.3) is 0 Å². The fraction of sp³-hybridized carbons (Fsp3) is 0.643. The van der Waals surface area contributed by atoms with Crippen LogP contribution in [0.5, 0.6) is 0 Å². The summed E-state index contributed by atoms with van der Waals surface area (Å²) in [6.45, 7) is 7.16. The first kappa shape index (κ1) is 14.7. The summed E-state index contributed by atoms with van der Waals surface area (Å²) in [5, 5.41) is 2.85. The Labute approximate surface area is 119 Å². The van der Waals surface area contributed by atoms with Crippen molar-refractivity contribution < 1.29 is 9.53 Å². The average Bonchev–Trinajstić information content (AvgIpc) is 2.84. The van der Waals surface area contributed by atoms with Crippen LogP contribution >= 0.6 is 0 Å². The number of hydrogen-bond acceptors (Lipinski definition) is 5. The van der Waals surface area contributed by atoms with Gasteiger partial charge in [-0.15, -0.1) is 0 Å². The summed E-state index contributed by atoms with van der Waals surface area (Å²) in [6.07, 6.45) is 3.47. The quantitative estimate of drug-likeness (QED) is 0.870. The predicted molar refractivity (Wildman–Crippen MR) is 76.5 cm³/mol. The third-order valence-corrected chi connectivity index (χ3v) is 3.49. The standard InChI is InChI=1S/C14H22N4O2/c1-9(2)12-16-7-10(15)11(18-12)13(19)17-8-14(3)5-4-6-20-14/h7,9H,4-6,8,15H2,1-3H3,(H,17,19). The highest BCUT2D eigenvalue weighted by Gasteiger charge is 2.30. The zero-order chi connectivity index (χ0) is 14.8. The number of nitrogens with one attached hydrogen (secondary N) is 1. The molecule has 2 heterocycles. The van der Waals surface area contributed by atoms with Crippen LogP contribution in [0.4, 0.5) is 5.69 Å². The average molecular weight is 278 g/mol. The molecule has 0 saturated carbocycles. The summed E-state index contributed by atoms with van der Waals surface area (Å²) in [7, 11) is 0. The van der Waals surface area contributed by atoms with Crippen molar-refractivity contribution in [3.8, 4) is 0 Å². The molecule has 1 aliphatic rings. The first-order valence-corrected chi connectivity index (χ1v) is 6.96. The van der Waals surface area contributed by atoms with Crippen molar-refractivity contribution >= 4 is 11.6 Å². The molecule has 6 heteroatoms. The molecule has 0 bridgehead atoms. The lowest BCUT2D eigenvalue weighted by Crippen LogP contribution is -2.40. The number of nitrogen functional groups attached to an aromatic ring is 1. The van der Waals surface area contributed by atoms with Crippen LogP contribution in [0.2, 0.25) is 0 Å². The fourth-order valence-electron chi connectivity index (χ4n) is 2.19. The Kier molecular flexibility index (Phi) is 4.23. The van der Waals surface area contributed by atoms with E-state index in [1.54, 1.807) is 0 Å². The van der Waals surface area contributed by atoms with E-state index in [1.165, 1.54) is 6.20 Å². The first-order chi connectivity index (χ1) is 9.41. The molecular weight excluding hydrogens is 256 g/mol. The van der Waals surface area contributed by atoms with Gasteiger partial charge in [-0.1, -0.05) is 13.8 Å². The highest BCUT2D eigenvalue weighted by atomic mass is 16.5. The molecule has 110 valence electrons. The molecule has 1 saturated heterocycles. The molecule has 1 atom stereocenters. The van der Waals surface area contributed by atoms with Gasteiger partial charge in [-0.2, -0.15) is 0 Å². The minimum Gasteiger partial charge on any atom is -0.396 e. The lowest BCUT2D eigenvalue weighted by molar-refractivity contribution is 0.0205. The van der Waals surface area contributed by atoms with Gasteiger partial charge in [0, 0.05) is 19.1 Å². The van der Waals surface area contributed by atoms with Gasteiger partial charge in [0.25, 0.3) is 5.91 Å². The molecule has 1 aliphatic heterocycles. The van der Waals surface area contributed by atoms with E-state index in [2.05, 4.69) is 15.3 Å². The molecule has 0 aliphatic carbocycles. The number of aromatic nitrogens is 2. The van der Waals surface area contributed by atoms with E-state index in [0.29, 0.717) is 18.1 Å². The van der Waals surface area contributed by atoms with Gasteiger partial charge in [-0.25, -0.2) is 9.97 Å². The molecule has 1 aromatic heterocycles. The van der Waals surface area contributed by atoms with Crippen molar-refractivity contribution in [2.75, 3.05) is 18.9 Å². The van der Waals surface area contributed by atoms with Gasteiger partial charge in [-0.05, 0) is 19.8 Å². The summed E-state index contributed by atoms with van der Waals surface area (Å²) in [4.78, 5) is 20.6. The van der Waals surface area contributed by atoms with Crippen molar-refractivity contribution in [2.24, 2.45) is 0 Å². The molecule has 0 spiro atoms. The zero-order valence-corrected chi connectivity index (χ0v) is 12.3. The molecule has 0 aromatic carbocycles. The molecule has 3 N–H and O–H groups in total. The Hall–Kier alpha value is -1.69. The largest absolute Gasteiger partial charge is 0.396 e. The first-order valence-electron chi connectivity index (χ1n) is 6.96. The molecule has 2 rings (SSSR count). The van der Waals surface area contributed by atoms with Crippen LogP contribution in [0.3, 0.4) is 0 Å². The maximum atomic E-state index is 12.2. The van der Waals surface area contributed by atoms with E-state index in [9.17, 15) is 4.79 Å². The number of carbonyl (C=O) groups is 1. The van der Waals surface area contributed by atoms with Gasteiger partial charge in [0.05, 0.1) is 17.5 Å². The third kappa shape index (κ3) is 3.25. The number of hydrogen-bond donors (Lipinski definition) is 2. The highest BCUT2D eigenvalue weighted by Crippen LogP contribution is 2.24. The molecule has 6 nitrogen and oxygen atoms in total. The van der Waals surface area contributed by atoms with Gasteiger partial charge in [0.1, 0.15) is 5.82 Å². The van der Waals surface area contributed by atoms with Crippen molar-refractivity contribution in [1.29, 1.82) is 0 Å². The monoisotopic (exact) mass is 278 g/mol. The molecule has 1 amide bonds. The number of anilines is 1. The smallest absolute Gasteiger partial charge is 0.272 e. The molecule has 20 heavy (non-hydrogen) atoms. The summed E-state index contributed by atoms with van der Waals surface area (Å²) in [5.41, 5.74) is 6.05. The summed E-state index contributed by atoms with van der Waals surface area (Å²) < 4.78 is 5.64. The lowest BCUT2D eigenvalue weighted by atomic mass is 10.0. The van der Waals surface area contributed by atoms with Crippen molar-refractivity contribution in [2.45, 2.75) is 45.1 Å². The molecule has 1 aromatic rings. The van der Waals surface area contributed by atoms with Gasteiger partial charge in [0.2, 0.25) is 0 Å². The van der Waals surface area contributed by atoms with E-state index in [-0.39, 0.29) is 23.1 Å². The Balaban J connectivity index is 2.06. The van der Waals surface area contributed by atoms with Crippen LogP contribution in [0.15, 0.2) is 6.20 Å². The van der Waals surface area contributed by atoms with Crippen LogP contribution in [0, 0.1) is 0 Å². The van der Waals surface area contributed by atoms with Crippen LogP contribution in [-0.2, 0) is 4.74 Å². The lowest BCUT2D eigenvalue weighted by Gasteiger charge is -2.23. The minimum atomic E-state index is -0.279. The van der Waals surface area contributed by atoms with Crippen molar-refractivity contribution in [1.82, 2.24) is 15.3 Å². The zero-order valence-electron chi connectivity index (χ0n) is 12.3. The Morgan fingerprint density at radius 3 is 2.95 bits per heavy atom. The number of ether oxygens (including phenoxy) is 1. The second kappa shape index (κ2) is 5.75. The van der Waals surface area contributed by atoms with Gasteiger partial charge in [0.15, 0.2) is 5.69 Å². The van der Waals surface area contributed by atoms with Crippen LogP contribution in [0.1, 0.15) is 55.8 Å². The Bertz CT molecular complexity index is 496. The van der Waals surface area contributed by atoms with E-state index < -0.39 is 0 Å². The van der Waals surface area contributed by atoms with Crippen molar-refractivity contribution in [3.05, 3.63) is 17.7 Å². The summed E-state index contributed by atoms with van der Waals surface area (Å²) in [5.74, 6) is 0.494. The topological polar surface area (TPSA) is 90.1 Å². The maximum absolute atomic E-state index is 12.2. The predicted octanol–water partition coefficient (Wildman–Crippen LogP) is 1.48. The molecule has 1 fully saturated rings. The Morgan fingerprint density at radius 1 is 1.60 bits per heavy atom. The van der Waals surface area contributed by atoms with Gasteiger partial charge >= 0.3 is 0 Å². The molecular formula is C14H22N4O2. The number of carbonyl (C=O) groups excluding carboxylic acids is 1. The number of amides is 1. The second-order valence-electron chi connectivity index (χ2n) is 5.77. The van der Waals surface area contributed by atoms with E-state index in [1.807, 2.05) is 20.8 Å². The normalized spacial score (nSPS) is 22.2.